The van der Waals surface area contributed by atoms with Gasteiger partial charge >= 0.3 is 30.5 Å². The highest BCUT2D eigenvalue weighted by Gasteiger charge is 2.59. The Morgan fingerprint density at radius 2 is 0.845 bits per heavy atom. The van der Waals surface area contributed by atoms with Crippen LogP contribution in [0.1, 0.15) is 75.8 Å². The van der Waals surface area contributed by atoms with E-state index in [1.807, 2.05) is 182 Å². The van der Waals surface area contributed by atoms with Crippen molar-refractivity contribution >= 4 is 99.3 Å². The Morgan fingerprint density at radius 1 is 0.509 bits per heavy atom. The summed E-state index contributed by atoms with van der Waals surface area (Å²) in [6.45, 7) is 5.73. The number of hydrogen-bond donors (Lipinski definition) is 8. The molecule has 6 atom stereocenters. The molecule has 6 aliphatic heterocycles. The number of aldehydes is 1. The van der Waals surface area contributed by atoms with Crippen LogP contribution in [0.15, 0.2) is 216 Å². The number of thiol groups is 4. The summed E-state index contributed by atoms with van der Waals surface area (Å²) in [7, 11) is 3.14. The maximum atomic E-state index is 12.3. The number of para-hydroxylation sites is 2. The molecule has 6 aliphatic rings. The van der Waals surface area contributed by atoms with Crippen LogP contribution in [0.25, 0.3) is 0 Å². The summed E-state index contributed by atoms with van der Waals surface area (Å²) in [6.07, 6.45) is 3.57. The van der Waals surface area contributed by atoms with Crippen molar-refractivity contribution < 1.29 is 87.1 Å². The number of likely N-dealkylation sites (tertiary alicyclic amines) is 5. The van der Waals surface area contributed by atoms with Gasteiger partial charge in [0.25, 0.3) is 0 Å². The number of carbonyl (C=O) groups is 7. The Morgan fingerprint density at radius 3 is 1.18 bits per heavy atom. The quantitative estimate of drug-likeness (QED) is 0.0105. The van der Waals surface area contributed by atoms with Crippen molar-refractivity contribution in [3.05, 3.63) is 250 Å². The molecule has 110 heavy (non-hydrogen) atoms. The van der Waals surface area contributed by atoms with Crippen molar-refractivity contribution in [1.29, 1.82) is 0 Å². The molecule has 590 valence electrons. The van der Waals surface area contributed by atoms with Gasteiger partial charge in [0.05, 0.1) is 51.3 Å². The second-order valence-corrected chi connectivity index (χ2v) is 27.6. The first kappa shape index (κ1) is 89.3. The molecule has 6 saturated heterocycles. The predicted octanol–water partition coefficient (Wildman–Crippen LogP) is 11.5. The van der Waals surface area contributed by atoms with E-state index in [1.165, 1.54) is 20.3 Å². The van der Waals surface area contributed by atoms with E-state index >= 15 is 0 Å². The first-order valence-electron chi connectivity index (χ1n) is 34.9. The first-order valence-corrected chi connectivity index (χ1v) is 37.0. The van der Waals surface area contributed by atoms with Gasteiger partial charge in [-0.15, -0.1) is 25.3 Å². The average molecular weight is 1590 g/mol. The van der Waals surface area contributed by atoms with E-state index in [1.54, 1.807) is 53.8 Å². The average Bonchev–Trinajstić information content (AvgIpc) is 1.59. The van der Waals surface area contributed by atoms with Gasteiger partial charge in [0, 0.05) is 57.5 Å². The molecule has 6 heterocycles. The van der Waals surface area contributed by atoms with Gasteiger partial charge < -0.3 is 90.0 Å². The normalized spacial score (nSPS) is 19.9. The minimum Gasteiger partial charge on any atom is -0.496 e. The van der Waals surface area contributed by atoms with Crippen molar-refractivity contribution in [3.63, 3.8) is 0 Å². The number of nitrogens with zero attached hydrogens (tertiary/aromatic N) is 6. The number of ketones is 1. The SMILES string of the molecule is COc1ccccc1C=NC(S)C1(O)CCN(C(=O)OCc2ccccc2)C1.COc1ccccc1C=O.N.NC(S)C1(O)CCN(C(=O)OCc2ccccc2)C1.O.O=C(OCc1ccccc1)N1CC/C(=C/S)C1.O=C(OCc1ccccc1)N1CCC2(C1)OC2S.O=C1CCN(C(=O)OCc2ccccc2)C1. The largest absolute Gasteiger partial charge is 0.496 e. The fraction of sp³-hybridized carbons (Fsp3) is 0.350. The van der Waals surface area contributed by atoms with Crippen LogP contribution in [0, 0.1) is 0 Å². The van der Waals surface area contributed by atoms with Gasteiger partial charge in [0.2, 0.25) is 0 Å². The number of carbonyl (C=O) groups excluding carboxylic acids is 7. The Labute approximate surface area is 663 Å². The lowest BCUT2D eigenvalue weighted by atomic mass is 10.0. The van der Waals surface area contributed by atoms with Crippen molar-refractivity contribution in [2.75, 3.05) is 79.7 Å². The second kappa shape index (κ2) is 45.5. The number of rotatable bonds is 17. The van der Waals surface area contributed by atoms with Crippen LogP contribution < -0.4 is 21.4 Å². The summed E-state index contributed by atoms with van der Waals surface area (Å²) in [5, 5.41) is 21.4. The number of β-amino-alcohol motifs (C(OH)–C–C–N with tert-alkyl or cyclic N) is 2. The molecule has 6 unspecified atom stereocenters. The van der Waals surface area contributed by atoms with E-state index in [2.05, 4.69) is 55.5 Å². The Hall–Kier alpha value is -9.60. The number of nitrogens with two attached hydrogens (primary N) is 1. The summed E-state index contributed by atoms with van der Waals surface area (Å²) < 4.78 is 41.8. The number of methoxy groups -OCH3 is 2. The Balaban J connectivity index is 0.000000210. The third-order valence-corrected chi connectivity index (χ3v) is 20.0. The number of hydrogen-bond acceptors (Lipinski definition) is 24. The molecule has 9 N–H and O–H groups in total. The van der Waals surface area contributed by atoms with Crippen molar-refractivity contribution in [1.82, 2.24) is 30.7 Å². The lowest BCUT2D eigenvalue weighted by molar-refractivity contribution is -0.116. The smallest absolute Gasteiger partial charge is 0.410 e. The predicted molar refractivity (Wildman–Crippen MR) is 430 cm³/mol. The van der Waals surface area contributed by atoms with E-state index in [-0.39, 0.29) is 80.1 Å². The van der Waals surface area contributed by atoms with Gasteiger partial charge in [-0.2, -0.15) is 25.3 Å². The minimum absolute atomic E-state index is 0. The minimum atomic E-state index is -1.21. The molecule has 0 saturated carbocycles. The molecule has 1 spiro atoms. The van der Waals surface area contributed by atoms with Gasteiger partial charge in [-0.05, 0) is 88.7 Å². The summed E-state index contributed by atoms with van der Waals surface area (Å²) >= 11 is 16.9. The standard InChI is InChI=1S/C21H24N2O4S.C13H18N2O3S.C13H15NO3S.C13H15NO2S.C12H13NO3.C8H8O2.H3N.H2O/c1-26-18-10-6-5-9-17(18)13-22-19(28)21(25)11-12-23(15-21)20(24)27-14-16-7-3-2-4-8-16;14-11(19)13(17)6-7-15(9-13)12(16)18-8-10-4-2-1-3-5-10;15-12(16-8-10-4-2-1-3-5-10)14-7-6-13(9-14)11(18)17-13;15-13(14-7-6-12(8-14)10-17)16-9-11-4-2-1-3-5-11;14-11-6-7-13(8-11)12(15)16-9-10-4-2-1-3-5-10;1-10-8-5-3-2-4-7(8)6-9;;/h2-10,13,19,25,28H,11-12,14-15H2,1H3;1-5,11,17,19H,6-9,14H2;1-5,11,18H,6-9H2;1-5,10,17H,6-9H2;1-5H,6-9H2;2-6H,1H3;1H3;1H2/b;;;12-10-;;;;. The highest BCUT2D eigenvalue weighted by Crippen LogP contribution is 2.46. The number of epoxide rings is 1. The van der Waals surface area contributed by atoms with Crippen LogP contribution >= 0.6 is 50.5 Å². The summed E-state index contributed by atoms with van der Waals surface area (Å²) in [5.41, 5.74) is 10.4. The van der Waals surface area contributed by atoms with Crippen molar-refractivity contribution in [2.24, 2.45) is 10.7 Å². The molecule has 0 aliphatic carbocycles. The van der Waals surface area contributed by atoms with Gasteiger partial charge in [-0.3, -0.25) is 14.6 Å². The monoisotopic (exact) mass is 1590 g/mol. The van der Waals surface area contributed by atoms with Crippen LogP contribution in [0.3, 0.4) is 0 Å². The van der Waals surface area contributed by atoms with Crippen LogP contribution in [-0.4, -0.2) is 202 Å². The van der Waals surface area contributed by atoms with Crippen molar-refractivity contribution in [2.45, 2.75) is 98.1 Å². The highest BCUT2D eigenvalue weighted by molar-refractivity contribution is 7.83. The zero-order valence-electron chi connectivity index (χ0n) is 61.4. The maximum Gasteiger partial charge on any atom is 0.410 e. The fourth-order valence-electron chi connectivity index (χ4n) is 11.5. The molecule has 0 bridgehead atoms. The van der Waals surface area contributed by atoms with Crippen molar-refractivity contribution in [3.8, 4) is 11.5 Å². The summed E-state index contributed by atoms with van der Waals surface area (Å²) in [5.74, 6) is 1.41. The van der Waals surface area contributed by atoms with E-state index < -0.39 is 40.2 Å². The number of aliphatic hydroxyl groups is 2. The maximum absolute atomic E-state index is 12.3. The number of benzene rings is 7. The van der Waals surface area contributed by atoms with Crippen LogP contribution in [-0.2, 0) is 66.3 Å². The third-order valence-electron chi connectivity index (χ3n) is 18.0. The van der Waals surface area contributed by atoms with Gasteiger partial charge in [-0.1, -0.05) is 176 Å². The molecule has 5 amide bonds. The molecule has 26 nitrogen and oxygen atoms in total. The fourth-order valence-corrected chi connectivity index (χ4v) is 12.6. The van der Waals surface area contributed by atoms with E-state index in [0.29, 0.717) is 88.8 Å². The lowest BCUT2D eigenvalue weighted by Crippen LogP contribution is -2.47. The molecule has 6 fully saturated rings. The lowest BCUT2D eigenvalue weighted by Gasteiger charge is -2.26. The molecule has 13 rings (SSSR count). The van der Waals surface area contributed by atoms with E-state index in [4.69, 9.17) is 43.6 Å². The molecule has 0 aromatic heterocycles. The van der Waals surface area contributed by atoms with Gasteiger partial charge in [0.1, 0.15) is 72.1 Å². The summed E-state index contributed by atoms with van der Waals surface area (Å²) in [6, 6.07) is 62.3. The van der Waals surface area contributed by atoms with Crippen LogP contribution in [0.4, 0.5) is 24.0 Å². The zero-order valence-corrected chi connectivity index (χ0v) is 65.0. The number of amides is 5. The Kier molecular flexibility index (Phi) is 37.0. The first-order chi connectivity index (χ1) is 52.1. The summed E-state index contributed by atoms with van der Waals surface area (Å²) in [4.78, 5) is 92.7. The third kappa shape index (κ3) is 28.1. The molecular weight excluding hydrogens is 1490 g/mol. The molecular formula is C80H98N8O18S4. The number of Topliss-reactive ketones (excluding diaryl/α,β-unsaturated/α-hetero) is 1. The Bertz CT molecular complexity index is 4080. The highest BCUT2D eigenvalue weighted by atomic mass is 32.1. The topological polar surface area (TPSA) is 358 Å². The zero-order chi connectivity index (χ0) is 77.3. The molecule has 0 radical (unpaired) electrons. The van der Waals surface area contributed by atoms with Gasteiger partial charge in [-0.25, -0.2) is 24.0 Å². The van der Waals surface area contributed by atoms with E-state index in [9.17, 15) is 43.8 Å². The van der Waals surface area contributed by atoms with E-state index in [0.717, 1.165) is 59.1 Å². The number of ether oxygens (including phenoxy) is 8. The number of aliphatic imine (C=N–C) groups is 1. The second-order valence-electron chi connectivity index (χ2n) is 25.8. The van der Waals surface area contributed by atoms with Crippen LogP contribution in [0.5, 0.6) is 11.5 Å². The van der Waals surface area contributed by atoms with Crippen LogP contribution in [0.2, 0.25) is 0 Å². The molecule has 7 aromatic rings. The molecule has 7 aromatic carbocycles. The van der Waals surface area contributed by atoms with Gasteiger partial charge in [0.15, 0.2) is 12.1 Å². The molecule has 30 heteroatoms.